The Hall–Kier alpha value is -2.29. The minimum absolute atomic E-state index is 0.135. The lowest BCUT2D eigenvalue weighted by molar-refractivity contribution is 0.0988. The van der Waals surface area contributed by atoms with Crippen molar-refractivity contribution in [1.82, 2.24) is 0 Å². The molecule has 2 aromatic carbocycles. The average molecular weight is 256 g/mol. The molecule has 2 aromatic rings. The van der Waals surface area contributed by atoms with Crippen molar-refractivity contribution < 1.29 is 14.3 Å². The van der Waals surface area contributed by atoms with Crippen molar-refractivity contribution in [2.24, 2.45) is 0 Å². The Morgan fingerprint density at radius 3 is 1.84 bits per heavy atom. The van der Waals surface area contributed by atoms with Crippen molar-refractivity contribution in [1.29, 1.82) is 0 Å². The normalized spacial score (nSPS) is 10.0. The fourth-order valence-electron chi connectivity index (χ4n) is 1.69. The van der Waals surface area contributed by atoms with Crippen LogP contribution in [0.25, 0.3) is 0 Å². The fraction of sp³-hybridized carbons (Fsp3) is 0.188. The number of rotatable bonds is 5. The van der Waals surface area contributed by atoms with E-state index in [9.17, 15) is 4.79 Å². The van der Waals surface area contributed by atoms with Gasteiger partial charge in [-0.15, -0.1) is 0 Å². The average Bonchev–Trinajstić information content (AvgIpc) is 2.48. The van der Waals surface area contributed by atoms with Crippen LogP contribution < -0.4 is 9.47 Å². The van der Waals surface area contributed by atoms with Crippen LogP contribution in [0.2, 0.25) is 0 Å². The molecule has 0 aliphatic carbocycles. The Bertz CT molecular complexity index is 541. The second kappa shape index (κ2) is 6.05. The van der Waals surface area contributed by atoms with Gasteiger partial charge >= 0.3 is 0 Å². The van der Waals surface area contributed by atoms with Gasteiger partial charge in [-0.3, -0.25) is 4.79 Å². The zero-order valence-electron chi connectivity index (χ0n) is 11.1. The monoisotopic (exact) mass is 256 g/mol. The summed E-state index contributed by atoms with van der Waals surface area (Å²) in [5.41, 5.74) is 0.713. The molecule has 3 nitrogen and oxygen atoms in total. The molecule has 0 saturated heterocycles. The number of methoxy groups -OCH3 is 1. The predicted octanol–water partition coefficient (Wildman–Crippen LogP) is 4.08. The first-order valence-electron chi connectivity index (χ1n) is 6.18. The van der Waals surface area contributed by atoms with Crippen molar-refractivity contribution in [2.75, 3.05) is 7.11 Å². The van der Waals surface area contributed by atoms with Crippen LogP contribution in [0.5, 0.6) is 17.2 Å². The van der Waals surface area contributed by atoms with Crippen molar-refractivity contribution in [3.8, 4) is 17.2 Å². The second-order valence-electron chi connectivity index (χ2n) is 4.08. The molecule has 0 unspecified atom stereocenters. The first-order chi connectivity index (χ1) is 9.22. The Labute approximate surface area is 112 Å². The van der Waals surface area contributed by atoms with E-state index in [1.54, 1.807) is 31.4 Å². The highest BCUT2D eigenvalue weighted by Crippen LogP contribution is 2.24. The molecule has 0 bridgehead atoms. The lowest BCUT2D eigenvalue weighted by atomic mass is 10.1. The fourth-order valence-corrected chi connectivity index (χ4v) is 1.69. The van der Waals surface area contributed by atoms with Gasteiger partial charge in [0.05, 0.1) is 7.11 Å². The van der Waals surface area contributed by atoms with E-state index in [0.717, 1.165) is 11.5 Å². The van der Waals surface area contributed by atoms with Crippen LogP contribution in [0.3, 0.4) is 0 Å². The maximum atomic E-state index is 11.5. The van der Waals surface area contributed by atoms with Gasteiger partial charge in [0, 0.05) is 12.0 Å². The number of hydrogen-bond acceptors (Lipinski definition) is 3. The van der Waals surface area contributed by atoms with Crippen molar-refractivity contribution >= 4 is 5.78 Å². The molecular weight excluding hydrogens is 240 g/mol. The quantitative estimate of drug-likeness (QED) is 0.756. The van der Waals surface area contributed by atoms with E-state index in [-0.39, 0.29) is 5.78 Å². The molecule has 0 aliphatic heterocycles. The SMILES string of the molecule is CCC(=O)c1ccc(Oc2ccc(OC)cc2)cc1. The Balaban J connectivity index is 2.08. The highest BCUT2D eigenvalue weighted by atomic mass is 16.5. The summed E-state index contributed by atoms with van der Waals surface area (Å²) in [4.78, 5) is 11.5. The number of ketones is 1. The summed E-state index contributed by atoms with van der Waals surface area (Å²) in [6, 6.07) is 14.5. The lowest BCUT2D eigenvalue weighted by Crippen LogP contribution is -1.95. The van der Waals surface area contributed by atoms with E-state index in [1.165, 1.54) is 0 Å². The maximum absolute atomic E-state index is 11.5. The molecule has 0 heterocycles. The first-order valence-corrected chi connectivity index (χ1v) is 6.18. The van der Waals surface area contributed by atoms with E-state index in [4.69, 9.17) is 9.47 Å². The minimum Gasteiger partial charge on any atom is -0.497 e. The van der Waals surface area contributed by atoms with Gasteiger partial charge < -0.3 is 9.47 Å². The summed E-state index contributed by atoms with van der Waals surface area (Å²) in [6.45, 7) is 1.85. The van der Waals surface area contributed by atoms with E-state index < -0.39 is 0 Å². The van der Waals surface area contributed by atoms with Crippen LogP contribution >= 0.6 is 0 Å². The summed E-state index contributed by atoms with van der Waals surface area (Å²) >= 11 is 0. The molecule has 0 amide bonds. The van der Waals surface area contributed by atoms with Gasteiger partial charge in [-0.05, 0) is 48.5 Å². The van der Waals surface area contributed by atoms with Gasteiger partial charge in [0.25, 0.3) is 0 Å². The van der Waals surface area contributed by atoms with Crippen molar-refractivity contribution in [3.63, 3.8) is 0 Å². The standard InChI is InChI=1S/C16H16O3/c1-3-16(17)12-4-6-14(7-5-12)19-15-10-8-13(18-2)9-11-15/h4-11H,3H2,1-2H3. The number of hydrogen-bond donors (Lipinski definition) is 0. The molecule has 0 N–H and O–H groups in total. The Kier molecular flexibility index (Phi) is 4.18. The predicted molar refractivity (Wildman–Crippen MR) is 74.1 cm³/mol. The molecule has 0 fully saturated rings. The molecule has 0 atom stereocenters. The molecular formula is C16H16O3. The smallest absolute Gasteiger partial charge is 0.162 e. The molecule has 3 heteroatoms. The number of ether oxygens (including phenoxy) is 2. The number of carbonyl (C=O) groups excluding carboxylic acids is 1. The third kappa shape index (κ3) is 3.35. The third-order valence-electron chi connectivity index (χ3n) is 2.79. The van der Waals surface area contributed by atoms with Crippen LogP contribution in [0.4, 0.5) is 0 Å². The Morgan fingerprint density at radius 1 is 0.895 bits per heavy atom. The highest BCUT2D eigenvalue weighted by Gasteiger charge is 2.03. The molecule has 0 saturated carbocycles. The highest BCUT2D eigenvalue weighted by molar-refractivity contribution is 5.95. The van der Waals surface area contributed by atoms with Crippen molar-refractivity contribution in [3.05, 3.63) is 54.1 Å². The zero-order chi connectivity index (χ0) is 13.7. The van der Waals surface area contributed by atoms with Crippen molar-refractivity contribution in [2.45, 2.75) is 13.3 Å². The van der Waals surface area contributed by atoms with Gasteiger partial charge in [0.1, 0.15) is 17.2 Å². The zero-order valence-corrected chi connectivity index (χ0v) is 11.1. The lowest BCUT2D eigenvalue weighted by Gasteiger charge is -2.07. The van der Waals surface area contributed by atoms with Crippen LogP contribution in [0.15, 0.2) is 48.5 Å². The van der Waals surface area contributed by atoms with E-state index in [1.807, 2.05) is 31.2 Å². The first kappa shape index (κ1) is 13.1. The van der Waals surface area contributed by atoms with Crippen LogP contribution in [0.1, 0.15) is 23.7 Å². The van der Waals surface area contributed by atoms with Crippen LogP contribution in [0, 0.1) is 0 Å². The van der Waals surface area contributed by atoms with E-state index in [2.05, 4.69) is 0 Å². The summed E-state index contributed by atoms with van der Waals surface area (Å²) < 4.78 is 10.8. The largest absolute Gasteiger partial charge is 0.497 e. The molecule has 0 aromatic heterocycles. The molecule has 0 radical (unpaired) electrons. The molecule has 2 rings (SSSR count). The van der Waals surface area contributed by atoms with E-state index >= 15 is 0 Å². The number of Topliss-reactive ketones (excluding diaryl/α,β-unsaturated/α-hetero) is 1. The summed E-state index contributed by atoms with van der Waals surface area (Å²) in [7, 11) is 1.62. The van der Waals surface area contributed by atoms with Crippen LogP contribution in [-0.2, 0) is 0 Å². The molecule has 19 heavy (non-hydrogen) atoms. The van der Waals surface area contributed by atoms with Gasteiger partial charge in [-0.2, -0.15) is 0 Å². The van der Waals surface area contributed by atoms with Gasteiger partial charge in [0.15, 0.2) is 5.78 Å². The molecule has 0 aliphatic rings. The van der Waals surface area contributed by atoms with Crippen LogP contribution in [-0.4, -0.2) is 12.9 Å². The van der Waals surface area contributed by atoms with E-state index in [0.29, 0.717) is 17.7 Å². The number of carbonyl (C=O) groups is 1. The molecule has 0 spiro atoms. The number of benzene rings is 2. The van der Waals surface area contributed by atoms with Gasteiger partial charge in [-0.25, -0.2) is 0 Å². The molecule has 98 valence electrons. The summed E-state index contributed by atoms with van der Waals surface area (Å²) in [5.74, 6) is 2.36. The second-order valence-corrected chi connectivity index (χ2v) is 4.08. The van der Waals surface area contributed by atoms with Gasteiger partial charge in [0.2, 0.25) is 0 Å². The maximum Gasteiger partial charge on any atom is 0.162 e. The topological polar surface area (TPSA) is 35.5 Å². The van der Waals surface area contributed by atoms with Gasteiger partial charge in [-0.1, -0.05) is 6.92 Å². The Morgan fingerprint density at radius 2 is 1.37 bits per heavy atom. The summed E-state index contributed by atoms with van der Waals surface area (Å²) in [6.07, 6.45) is 0.513. The summed E-state index contributed by atoms with van der Waals surface area (Å²) in [5, 5.41) is 0. The third-order valence-corrected chi connectivity index (χ3v) is 2.79. The minimum atomic E-state index is 0.135.